The van der Waals surface area contributed by atoms with E-state index in [1.807, 2.05) is 61.6 Å². The van der Waals surface area contributed by atoms with Gasteiger partial charge < -0.3 is 15.2 Å². The molecule has 0 aliphatic rings. The molecule has 0 unspecified atom stereocenters. The Morgan fingerprint density at radius 3 is 2.59 bits per heavy atom. The first-order valence-corrected chi connectivity index (χ1v) is 7.24. The highest BCUT2D eigenvalue weighted by atomic mass is 16.2. The molecule has 0 saturated heterocycles. The van der Waals surface area contributed by atoms with Crippen LogP contribution in [0.5, 0.6) is 0 Å². The zero-order valence-corrected chi connectivity index (χ0v) is 12.4. The number of anilines is 1. The van der Waals surface area contributed by atoms with E-state index in [4.69, 9.17) is 0 Å². The summed E-state index contributed by atoms with van der Waals surface area (Å²) in [6, 6.07) is 17.2. The van der Waals surface area contributed by atoms with Gasteiger partial charge in [0.05, 0.1) is 11.0 Å². The lowest BCUT2D eigenvalue weighted by atomic mass is 10.3. The maximum Gasteiger partial charge on any atom is 0.319 e. The number of rotatable bonds is 4. The van der Waals surface area contributed by atoms with Crippen LogP contribution in [0.4, 0.5) is 10.5 Å². The molecule has 1 heterocycles. The maximum atomic E-state index is 11.8. The number of fused-ring (bicyclic) bond motifs is 1. The van der Waals surface area contributed by atoms with Gasteiger partial charge in [-0.2, -0.15) is 0 Å². The van der Waals surface area contributed by atoms with E-state index in [1.54, 1.807) is 0 Å². The number of carbonyl (C=O) groups is 1. The van der Waals surface area contributed by atoms with Crippen LogP contribution in [0.2, 0.25) is 0 Å². The molecule has 1 aromatic heterocycles. The molecule has 0 aliphatic carbocycles. The average Bonchev–Trinajstić information content (AvgIpc) is 2.85. The van der Waals surface area contributed by atoms with Crippen molar-refractivity contribution in [1.82, 2.24) is 14.9 Å². The summed E-state index contributed by atoms with van der Waals surface area (Å²) >= 11 is 0. The summed E-state index contributed by atoms with van der Waals surface area (Å²) in [5.41, 5.74) is 2.86. The summed E-state index contributed by atoms with van der Waals surface area (Å²) in [6.45, 7) is 0.538. The molecule has 0 aliphatic heterocycles. The van der Waals surface area contributed by atoms with E-state index >= 15 is 0 Å². The molecule has 3 rings (SSSR count). The molecule has 0 radical (unpaired) electrons. The Bertz CT molecular complexity index is 780. The summed E-state index contributed by atoms with van der Waals surface area (Å²) in [6.07, 6.45) is 0.688. The Kier molecular flexibility index (Phi) is 4.05. The number of aromatic nitrogens is 2. The summed E-state index contributed by atoms with van der Waals surface area (Å²) in [5, 5.41) is 5.64. The number of urea groups is 1. The van der Waals surface area contributed by atoms with Gasteiger partial charge in [0.25, 0.3) is 0 Å². The molecule has 22 heavy (non-hydrogen) atoms. The molecule has 0 atom stereocenters. The van der Waals surface area contributed by atoms with E-state index in [9.17, 15) is 4.79 Å². The number of nitrogens with zero attached hydrogens (tertiary/aromatic N) is 2. The van der Waals surface area contributed by atoms with Crippen molar-refractivity contribution in [2.24, 2.45) is 7.05 Å². The fourth-order valence-corrected chi connectivity index (χ4v) is 2.40. The third-order valence-corrected chi connectivity index (χ3v) is 3.55. The fraction of sp³-hybridized carbons (Fsp3) is 0.176. The molecule has 0 spiro atoms. The third kappa shape index (κ3) is 3.09. The molecule has 0 saturated carbocycles. The van der Waals surface area contributed by atoms with Gasteiger partial charge in [-0.1, -0.05) is 30.3 Å². The van der Waals surface area contributed by atoms with E-state index < -0.39 is 0 Å². The predicted molar refractivity (Wildman–Crippen MR) is 87.9 cm³/mol. The molecule has 112 valence electrons. The van der Waals surface area contributed by atoms with Crippen LogP contribution in [0.1, 0.15) is 5.82 Å². The Hall–Kier alpha value is -2.82. The van der Waals surface area contributed by atoms with Crippen molar-refractivity contribution in [1.29, 1.82) is 0 Å². The lowest BCUT2D eigenvalue weighted by Crippen LogP contribution is -2.30. The van der Waals surface area contributed by atoms with Crippen LogP contribution in [-0.2, 0) is 13.5 Å². The molecule has 5 heteroatoms. The number of nitrogens with one attached hydrogen (secondary N) is 2. The SMILES string of the molecule is Cn1c(CCNC(=O)Nc2ccccc2)nc2ccccc21. The van der Waals surface area contributed by atoms with Crippen molar-refractivity contribution in [3.8, 4) is 0 Å². The first kappa shape index (κ1) is 14.1. The minimum atomic E-state index is -0.204. The van der Waals surface area contributed by atoms with Gasteiger partial charge in [-0.25, -0.2) is 9.78 Å². The van der Waals surface area contributed by atoms with E-state index in [0.29, 0.717) is 13.0 Å². The van der Waals surface area contributed by atoms with Gasteiger partial charge in [0.2, 0.25) is 0 Å². The smallest absolute Gasteiger partial charge is 0.319 e. The van der Waals surface area contributed by atoms with Crippen LogP contribution in [-0.4, -0.2) is 22.1 Å². The summed E-state index contributed by atoms with van der Waals surface area (Å²) in [4.78, 5) is 16.4. The van der Waals surface area contributed by atoms with Gasteiger partial charge in [-0.15, -0.1) is 0 Å². The quantitative estimate of drug-likeness (QED) is 0.777. The number of para-hydroxylation sites is 3. The number of aryl methyl sites for hydroxylation is 1. The van der Waals surface area contributed by atoms with Crippen molar-refractivity contribution in [2.75, 3.05) is 11.9 Å². The topological polar surface area (TPSA) is 59.0 Å². The number of benzene rings is 2. The highest BCUT2D eigenvalue weighted by molar-refractivity contribution is 5.89. The number of hydrogen-bond acceptors (Lipinski definition) is 2. The zero-order chi connectivity index (χ0) is 15.4. The summed E-state index contributed by atoms with van der Waals surface area (Å²) in [5.74, 6) is 0.959. The lowest BCUT2D eigenvalue weighted by molar-refractivity contribution is 0.252. The number of imidazole rings is 1. The molecule has 2 aromatic carbocycles. The number of hydrogen-bond donors (Lipinski definition) is 2. The monoisotopic (exact) mass is 294 g/mol. The number of carbonyl (C=O) groups excluding carboxylic acids is 1. The van der Waals surface area contributed by atoms with Crippen molar-refractivity contribution in [2.45, 2.75) is 6.42 Å². The van der Waals surface area contributed by atoms with Crippen LogP contribution in [0.25, 0.3) is 11.0 Å². The molecular weight excluding hydrogens is 276 g/mol. The first-order chi connectivity index (χ1) is 10.7. The third-order valence-electron chi connectivity index (χ3n) is 3.55. The fourth-order valence-electron chi connectivity index (χ4n) is 2.40. The second-order valence-corrected chi connectivity index (χ2v) is 5.07. The highest BCUT2D eigenvalue weighted by Gasteiger charge is 2.07. The van der Waals surface area contributed by atoms with Gasteiger partial charge in [0.15, 0.2) is 0 Å². The Morgan fingerprint density at radius 2 is 1.82 bits per heavy atom. The normalized spacial score (nSPS) is 10.6. The maximum absolute atomic E-state index is 11.8. The second kappa shape index (κ2) is 6.30. The molecule has 2 N–H and O–H groups in total. The van der Waals surface area contributed by atoms with Crippen molar-refractivity contribution in [3.63, 3.8) is 0 Å². The Morgan fingerprint density at radius 1 is 1.09 bits per heavy atom. The minimum absolute atomic E-state index is 0.204. The van der Waals surface area contributed by atoms with Crippen LogP contribution in [0, 0.1) is 0 Å². The van der Waals surface area contributed by atoms with E-state index in [0.717, 1.165) is 22.5 Å². The Labute approximate surface area is 129 Å². The van der Waals surface area contributed by atoms with Crippen LogP contribution >= 0.6 is 0 Å². The molecule has 2 amide bonds. The van der Waals surface area contributed by atoms with Crippen LogP contribution in [0.3, 0.4) is 0 Å². The molecule has 0 bridgehead atoms. The van der Waals surface area contributed by atoms with Crippen LogP contribution < -0.4 is 10.6 Å². The van der Waals surface area contributed by atoms with Crippen molar-refractivity contribution in [3.05, 3.63) is 60.4 Å². The minimum Gasteiger partial charge on any atom is -0.337 e. The van der Waals surface area contributed by atoms with Gasteiger partial charge in [0, 0.05) is 25.7 Å². The van der Waals surface area contributed by atoms with Gasteiger partial charge in [-0.05, 0) is 24.3 Å². The highest BCUT2D eigenvalue weighted by Crippen LogP contribution is 2.14. The van der Waals surface area contributed by atoms with E-state index in [2.05, 4.69) is 20.2 Å². The second-order valence-electron chi connectivity index (χ2n) is 5.07. The van der Waals surface area contributed by atoms with Crippen molar-refractivity contribution >= 4 is 22.8 Å². The van der Waals surface area contributed by atoms with E-state index in [1.165, 1.54) is 0 Å². The van der Waals surface area contributed by atoms with E-state index in [-0.39, 0.29) is 6.03 Å². The standard InChI is InChI=1S/C17H18N4O/c1-21-15-10-6-5-9-14(15)20-16(21)11-12-18-17(22)19-13-7-3-2-4-8-13/h2-10H,11-12H2,1H3,(H2,18,19,22). The lowest BCUT2D eigenvalue weighted by Gasteiger charge is -2.07. The van der Waals surface area contributed by atoms with Crippen LogP contribution in [0.15, 0.2) is 54.6 Å². The molecular formula is C17H18N4O. The van der Waals surface area contributed by atoms with Crippen molar-refractivity contribution < 1.29 is 4.79 Å². The summed E-state index contributed by atoms with van der Waals surface area (Å²) in [7, 11) is 1.99. The largest absolute Gasteiger partial charge is 0.337 e. The van der Waals surface area contributed by atoms with Gasteiger partial charge in [0.1, 0.15) is 5.82 Å². The molecule has 5 nitrogen and oxygen atoms in total. The summed E-state index contributed by atoms with van der Waals surface area (Å²) < 4.78 is 2.06. The van der Waals surface area contributed by atoms with Gasteiger partial charge in [-0.3, -0.25) is 0 Å². The Balaban J connectivity index is 1.56. The molecule has 3 aromatic rings. The number of amides is 2. The predicted octanol–water partition coefficient (Wildman–Crippen LogP) is 2.94. The average molecular weight is 294 g/mol. The zero-order valence-electron chi connectivity index (χ0n) is 12.4. The van der Waals surface area contributed by atoms with Gasteiger partial charge >= 0.3 is 6.03 Å². The molecule has 0 fully saturated rings. The first-order valence-electron chi connectivity index (χ1n) is 7.24.